The van der Waals surface area contributed by atoms with E-state index in [1.807, 2.05) is 60.7 Å². The van der Waals surface area contributed by atoms with Crippen molar-refractivity contribution < 1.29 is 24.5 Å². The van der Waals surface area contributed by atoms with Crippen LogP contribution in [0.5, 0.6) is 5.75 Å². The Morgan fingerprint density at radius 2 is 1.78 bits per heavy atom. The van der Waals surface area contributed by atoms with Gasteiger partial charge in [0, 0.05) is 40.9 Å². The SMILES string of the molecule is [N-]=[N+]=NCc1ccccc1C[C@]1(C(=O)NNCC2(O)CCCCC2)N=C(c2ccc(OCCCO)cc2)O[C@H]1c1ccc(Br)cc1. The minimum Gasteiger partial charge on any atom is -0.494 e. The van der Waals surface area contributed by atoms with Gasteiger partial charge in [0.15, 0.2) is 11.6 Å². The fraction of sp³-hybridized carbons (Fsp3) is 0.412. The summed E-state index contributed by atoms with van der Waals surface area (Å²) in [5, 5.41) is 23.9. The lowest BCUT2D eigenvalue weighted by Gasteiger charge is -2.34. The molecule has 46 heavy (non-hydrogen) atoms. The molecule has 4 N–H and O–H groups in total. The van der Waals surface area contributed by atoms with Gasteiger partial charge in [0.25, 0.3) is 5.91 Å². The summed E-state index contributed by atoms with van der Waals surface area (Å²) in [6, 6.07) is 22.4. The van der Waals surface area contributed by atoms with E-state index in [1.165, 1.54) is 0 Å². The predicted octanol–water partition coefficient (Wildman–Crippen LogP) is 5.84. The molecule has 2 aliphatic rings. The smallest absolute Gasteiger partial charge is 0.266 e. The second kappa shape index (κ2) is 15.6. The number of nitrogens with one attached hydrogen (secondary N) is 2. The van der Waals surface area contributed by atoms with Crippen molar-refractivity contribution in [2.75, 3.05) is 19.8 Å². The fourth-order valence-corrected chi connectivity index (χ4v) is 6.25. The number of aliphatic hydroxyl groups is 2. The summed E-state index contributed by atoms with van der Waals surface area (Å²) < 4.78 is 13.2. The molecule has 1 aliphatic heterocycles. The van der Waals surface area contributed by atoms with Crippen molar-refractivity contribution in [3.05, 3.63) is 110 Å². The minimum atomic E-state index is -1.48. The standard InChI is InChI=1S/C34H39BrN6O5/c35-28-13-9-24(10-14-28)30-34(21-26-7-2-3-8-27(26)22-37-41-36,32(43)40-38-23-33(44)17-4-1-5-18-33)39-31(46-30)25-11-15-29(16-12-25)45-20-6-19-42/h2-3,7-16,30,38,42,44H,1,4-6,17-23H2,(H,40,43)/t30-,34-/m0/s1. The number of hydrazine groups is 1. The van der Waals surface area contributed by atoms with Crippen LogP contribution in [-0.2, 0) is 22.5 Å². The lowest BCUT2D eigenvalue weighted by atomic mass is 9.81. The first-order valence-electron chi connectivity index (χ1n) is 15.6. The van der Waals surface area contributed by atoms with Crippen LogP contribution in [0, 0.1) is 0 Å². The first-order valence-corrected chi connectivity index (χ1v) is 16.3. The van der Waals surface area contributed by atoms with Gasteiger partial charge in [0.1, 0.15) is 5.75 Å². The highest BCUT2D eigenvalue weighted by Gasteiger charge is 2.53. The number of benzene rings is 3. The molecule has 0 unspecified atom stereocenters. The molecule has 12 heteroatoms. The van der Waals surface area contributed by atoms with Crippen LogP contribution >= 0.6 is 15.9 Å². The maximum Gasteiger partial charge on any atom is 0.266 e. The van der Waals surface area contributed by atoms with Crippen LogP contribution < -0.4 is 15.6 Å². The van der Waals surface area contributed by atoms with E-state index in [2.05, 4.69) is 36.8 Å². The average molecular weight is 692 g/mol. The highest BCUT2D eigenvalue weighted by molar-refractivity contribution is 9.10. The summed E-state index contributed by atoms with van der Waals surface area (Å²) in [4.78, 5) is 22.5. The summed E-state index contributed by atoms with van der Waals surface area (Å²) >= 11 is 3.51. The van der Waals surface area contributed by atoms with Gasteiger partial charge in [-0.2, -0.15) is 0 Å². The van der Waals surface area contributed by atoms with E-state index in [1.54, 1.807) is 12.1 Å². The van der Waals surface area contributed by atoms with E-state index < -0.39 is 23.2 Å². The van der Waals surface area contributed by atoms with Crippen LogP contribution in [0.25, 0.3) is 10.4 Å². The third-order valence-corrected chi connectivity index (χ3v) is 9.02. The number of amides is 1. The minimum absolute atomic E-state index is 0.0461. The van der Waals surface area contributed by atoms with Gasteiger partial charge in [0.2, 0.25) is 5.90 Å². The van der Waals surface area contributed by atoms with Crippen molar-refractivity contribution in [2.45, 2.75) is 68.7 Å². The molecule has 1 heterocycles. The molecule has 0 aromatic heterocycles. The van der Waals surface area contributed by atoms with E-state index >= 15 is 0 Å². The van der Waals surface area contributed by atoms with Crippen molar-refractivity contribution in [1.29, 1.82) is 0 Å². The Balaban J connectivity index is 1.54. The van der Waals surface area contributed by atoms with Gasteiger partial charge in [-0.1, -0.05) is 76.7 Å². The highest BCUT2D eigenvalue weighted by Crippen LogP contribution is 2.43. The fourth-order valence-electron chi connectivity index (χ4n) is 5.99. The molecule has 1 amide bonds. The van der Waals surface area contributed by atoms with Crippen molar-refractivity contribution in [3.8, 4) is 5.75 Å². The molecule has 1 saturated carbocycles. The van der Waals surface area contributed by atoms with Gasteiger partial charge in [-0.05, 0) is 71.5 Å². The van der Waals surface area contributed by atoms with Gasteiger partial charge in [-0.25, -0.2) is 10.4 Å². The molecule has 0 bridgehead atoms. The summed E-state index contributed by atoms with van der Waals surface area (Å²) in [5.41, 5.74) is 15.5. The number of aliphatic imine (C=N–C) groups is 1. The molecule has 11 nitrogen and oxygen atoms in total. The molecule has 1 aliphatic carbocycles. The van der Waals surface area contributed by atoms with Crippen LogP contribution in [0.3, 0.4) is 0 Å². The second-order valence-corrected chi connectivity index (χ2v) is 12.7. The van der Waals surface area contributed by atoms with Gasteiger partial charge in [-0.3, -0.25) is 10.2 Å². The average Bonchev–Trinajstić information content (AvgIpc) is 3.45. The lowest BCUT2D eigenvalue weighted by molar-refractivity contribution is -0.130. The first-order chi connectivity index (χ1) is 22.4. The molecular formula is C34H39BrN6O5. The quantitative estimate of drug-likeness (QED) is 0.0547. The van der Waals surface area contributed by atoms with Crippen LogP contribution in [0.15, 0.2) is 87.4 Å². The molecule has 2 atom stereocenters. The van der Waals surface area contributed by atoms with Gasteiger partial charge >= 0.3 is 0 Å². The normalized spacial score (nSPS) is 20.2. The zero-order valence-corrected chi connectivity index (χ0v) is 27.2. The van der Waals surface area contributed by atoms with Crippen molar-refractivity contribution in [1.82, 2.24) is 10.9 Å². The molecule has 5 rings (SSSR count). The highest BCUT2D eigenvalue weighted by atomic mass is 79.9. The number of hydrogen-bond donors (Lipinski definition) is 4. The largest absolute Gasteiger partial charge is 0.494 e. The third kappa shape index (κ3) is 8.07. The van der Waals surface area contributed by atoms with Gasteiger partial charge in [-0.15, -0.1) is 0 Å². The maximum atomic E-state index is 14.5. The maximum absolute atomic E-state index is 14.5. The Labute approximate surface area is 276 Å². The summed E-state index contributed by atoms with van der Waals surface area (Å²) in [5.74, 6) is 0.516. The monoisotopic (exact) mass is 690 g/mol. The van der Waals surface area contributed by atoms with Crippen LogP contribution in [0.2, 0.25) is 0 Å². The molecule has 242 valence electrons. The number of halogens is 1. The Morgan fingerprint density at radius 1 is 1.07 bits per heavy atom. The number of rotatable bonds is 14. The van der Waals surface area contributed by atoms with Crippen LogP contribution in [0.1, 0.15) is 66.9 Å². The Hall–Kier alpha value is -3.93. The van der Waals surface area contributed by atoms with E-state index in [0.717, 1.165) is 40.4 Å². The molecule has 3 aromatic carbocycles. The Kier molecular flexibility index (Phi) is 11.3. The van der Waals surface area contributed by atoms with Gasteiger partial charge < -0.3 is 19.7 Å². The molecule has 0 radical (unpaired) electrons. The zero-order valence-electron chi connectivity index (χ0n) is 25.6. The number of ether oxygens (including phenoxy) is 2. The number of hydrogen-bond acceptors (Lipinski definition) is 8. The van der Waals surface area contributed by atoms with Crippen molar-refractivity contribution in [3.63, 3.8) is 0 Å². The summed E-state index contributed by atoms with van der Waals surface area (Å²) in [7, 11) is 0. The lowest BCUT2D eigenvalue weighted by Crippen LogP contribution is -2.56. The molecular weight excluding hydrogens is 652 g/mol. The number of azide groups is 1. The van der Waals surface area contributed by atoms with Gasteiger partial charge in [0.05, 0.1) is 18.8 Å². The predicted molar refractivity (Wildman–Crippen MR) is 178 cm³/mol. The second-order valence-electron chi connectivity index (χ2n) is 11.8. The number of carbonyl (C=O) groups is 1. The molecule has 3 aromatic rings. The third-order valence-electron chi connectivity index (χ3n) is 8.49. The van der Waals surface area contributed by atoms with E-state index in [0.29, 0.717) is 43.1 Å². The van der Waals surface area contributed by atoms with Crippen LogP contribution in [-0.4, -0.2) is 52.9 Å². The number of nitrogens with zero attached hydrogens (tertiary/aromatic N) is 4. The summed E-state index contributed by atoms with van der Waals surface area (Å²) in [6.45, 7) is 0.762. The molecule has 1 fully saturated rings. The zero-order chi connectivity index (χ0) is 32.4. The molecule has 0 saturated heterocycles. The summed E-state index contributed by atoms with van der Waals surface area (Å²) in [6.07, 6.45) is 4.16. The van der Waals surface area contributed by atoms with Crippen LogP contribution in [0.4, 0.5) is 0 Å². The number of aliphatic hydroxyl groups excluding tert-OH is 1. The Bertz CT molecular complexity index is 1550. The van der Waals surface area contributed by atoms with Crippen molar-refractivity contribution in [2.24, 2.45) is 10.1 Å². The Morgan fingerprint density at radius 3 is 2.48 bits per heavy atom. The first kappa shape index (κ1) is 33.4. The molecule has 0 spiro atoms. The topological polar surface area (TPSA) is 161 Å². The van der Waals surface area contributed by atoms with Crippen molar-refractivity contribution >= 4 is 27.7 Å². The van der Waals surface area contributed by atoms with E-state index in [4.69, 9.17) is 25.1 Å². The van der Waals surface area contributed by atoms with E-state index in [-0.39, 0.29) is 26.1 Å². The van der Waals surface area contributed by atoms with E-state index in [9.17, 15) is 9.90 Å². The number of carbonyl (C=O) groups excluding carboxylic acids is 1.